The number of rotatable bonds is 1. The van der Waals surface area contributed by atoms with E-state index in [2.05, 4.69) is 9.97 Å². The number of nitrogens with zero attached hydrogens (tertiary/aromatic N) is 2. The van der Waals surface area contributed by atoms with Gasteiger partial charge in [-0.05, 0) is 0 Å². The molecule has 4 nitrogen and oxygen atoms in total. The van der Waals surface area contributed by atoms with E-state index in [0.29, 0.717) is 5.02 Å². The van der Waals surface area contributed by atoms with Crippen molar-refractivity contribution in [1.29, 1.82) is 5.41 Å². The highest BCUT2D eigenvalue weighted by molar-refractivity contribution is 6.30. The number of aromatic nitrogens is 2. The SMILES string of the molecule is Cl.N=C(N)c1ncc(Cl)cn1. The molecule has 60 valence electrons. The number of amidine groups is 1. The summed E-state index contributed by atoms with van der Waals surface area (Å²) >= 11 is 5.48. The van der Waals surface area contributed by atoms with Gasteiger partial charge in [0.2, 0.25) is 0 Å². The van der Waals surface area contributed by atoms with Gasteiger partial charge < -0.3 is 5.73 Å². The highest BCUT2D eigenvalue weighted by Gasteiger charge is 1.96. The Balaban J connectivity index is 0.000001000. The van der Waals surface area contributed by atoms with Crippen LogP contribution in [0.5, 0.6) is 0 Å². The summed E-state index contributed by atoms with van der Waals surface area (Å²) in [5, 5.41) is 7.35. The van der Waals surface area contributed by atoms with Crippen molar-refractivity contribution in [2.24, 2.45) is 5.73 Å². The first-order valence-electron chi connectivity index (χ1n) is 2.52. The number of halogens is 2. The van der Waals surface area contributed by atoms with Crippen molar-refractivity contribution >= 4 is 29.8 Å². The van der Waals surface area contributed by atoms with Gasteiger partial charge in [0.15, 0.2) is 11.7 Å². The van der Waals surface area contributed by atoms with Crippen LogP contribution in [0.3, 0.4) is 0 Å². The summed E-state index contributed by atoms with van der Waals surface area (Å²) in [6, 6.07) is 0. The zero-order chi connectivity index (χ0) is 7.56. The van der Waals surface area contributed by atoms with Crippen molar-refractivity contribution in [3.63, 3.8) is 0 Å². The third-order valence-electron chi connectivity index (χ3n) is 0.861. The number of hydrogen-bond acceptors (Lipinski definition) is 3. The van der Waals surface area contributed by atoms with Crippen LogP contribution in [0.15, 0.2) is 12.4 Å². The minimum atomic E-state index is -0.156. The third kappa shape index (κ3) is 2.69. The molecule has 0 spiro atoms. The quantitative estimate of drug-likeness (QED) is 0.512. The van der Waals surface area contributed by atoms with Gasteiger partial charge in [0.05, 0.1) is 5.02 Å². The van der Waals surface area contributed by atoms with Crippen molar-refractivity contribution < 1.29 is 0 Å². The number of nitrogen functional groups attached to an aromatic ring is 1. The largest absolute Gasteiger partial charge is 0.381 e. The Hall–Kier alpha value is -0.870. The van der Waals surface area contributed by atoms with E-state index in [1.807, 2.05) is 0 Å². The summed E-state index contributed by atoms with van der Waals surface area (Å²) in [6.45, 7) is 0. The topological polar surface area (TPSA) is 75.7 Å². The summed E-state index contributed by atoms with van der Waals surface area (Å²) in [5.74, 6) is 0.0427. The standard InChI is InChI=1S/C5H5ClN4.ClH/c6-3-1-9-5(4(7)8)10-2-3;/h1-2H,(H3,7,8);1H. The lowest BCUT2D eigenvalue weighted by Gasteiger charge is -1.93. The first kappa shape index (κ1) is 10.1. The Labute approximate surface area is 74.7 Å². The lowest BCUT2D eigenvalue weighted by Crippen LogP contribution is -2.14. The first-order valence-corrected chi connectivity index (χ1v) is 2.90. The van der Waals surface area contributed by atoms with E-state index >= 15 is 0 Å². The van der Waals surface area contributed by atoms with Crippen LogP contribution in [0.4, 0.5) is 0 Å². The Morgan fingerprint density at radius 3 is 2.27 bits per heavy atom. The average Bonchev–Trinajstić information content (AvgIpc) is 1.88. The average molecular weight is 193 g/mol. The molecule has 0 saturated heterocycles. The molecule has 3 N–H and O–H groups in total. The van der Waals surface area contributed by atoms with Crippen LogP contribution < -0.4 is 5.73 Å². The molecule has 0 amide bonds. The van der Waals surface area contributed by atoms with Gasteiger partial charge in [-0.3, -0.25) is 5.41 Å². The second-order valence-electron chi connectivity index (χ2n) is 1.64. The van der Waals surface area contributed by atoms with E-state index in [1.54, 1.807) is 0 Å². The molecule has 0 atom stereocenters. The molecule has 0 radical (unpaired) electrons. The molecule has 1 aromatic rings. The zero-order valence-corrected chi connectivity index (χ0v) is 6.99. The van der Waals surface area contributed by atoms with E-state index in [0.717, 1.165) is 0 Å². The fourth-order valence-corrected chi connectivity index (χ4v) is 0.549. The Morgan fingerprint density at radius 1 is 1.45 bits per heavy atom. The maximum atomic E-state index is 6.92. The Bertz CT molecular complexity index is 245. The summed E-state index contributed by atoms with van der Waals surface area (Å²) in [7, 11) is 0. The van der Waals surface area contributed by atoms with Gasteiger partial charge in [-0.2, -0.15) is 0 Å². The summed E-state index contributed by atoms with van der Waals surface area (Å²) in [6.07, 6.45) is 2.79. The van der Waals surface area contributed by atoms with Crippen molar-refractivity contribution in [3.8, 4) is 0 Å². The van der Waals surface area contributed by atoms with Gasteiger partial charge >= 0.3 is 0 Å². The minimum Gasteiger partial charge on any atom is -0.381 e. The Kier molecular flexibility index (Phi) is 3.78. The van der Waals surface area contributed by atoms with Crippen LogP contribution in [0.25, 0.3) is 0 Å². The third-order valence-corrected chi connectivity index (χ3v) is 1.06. The molecular weight excluding hydrogens is 187 g/mol. The van der Waals surface area contributed by atoms with Crippen LogP contribution >= 0.6 is 24.0 Å². The van der Waals surface area contributed by atoms with E-state index in [4.69, 9.17) is 22.7 Å². The smallest absolute Gasteiger partial charge is 0.194 e. The van der Waals surface area contributed by atoms with E-state index < -0.39 is 0 Å². The van der Waals surface area contributed by atoms with E-state index in [1.165, 1.54) is 12.4 Å². The predicted octanol–water partition coefficient (Wildman–Crippen LogP) is 0.836. The van der Waals surface area contributed by atoms with Crippen molar-refractivity contribution in [2.75, 3.05) is 0 Å². The van der Waals surface area contributed by atoms with Gasteiger partial charge in [-0.15, -0.1) is 12.4 Å². The van der Waals surface area contributed by atoms with Crippen molar-refractivity contribution in [2.45, 2.75) is 0 Å². The summed E-state index contributed by atoms with van der Waals surface area (Å²) in [4.78, 5) is 7.37. The van der Waals surface area contributed by atoms with Crippen LogP contribution in [-0.2, 0) is 0 Å². The molecule has 0 saturated carbocycles. The van der Waals surface area contributed by atoms with Crippen LogP contribution in [-0.4, -0.2) is 15.8 Å². The maximum absolute atomic E-state index is 6.92. The second kappa shape index (κ2) is 4.10. The number of hydrogen-bond donors (Lipinski definition) is 2. The molecule has 1 heterocycles. The molecule has 0 aliphatic rings. The fourth-order valence-electron chi connectivity index (χ4n) is 0.451. The summed E-state index contributed by atoms with van der Waals surface area (Å²) in [5.41, 5.74) is 5.08. The van der Waals surface area contributed by atoms with Crippen LogP contribution in [0.2, 0.25) is 5.02 Å². The van der Waals surface area contributed by atoms with Gasteiger partial charge in [0.25, 0.3) is 0 Å². The molecule has 0 bridgehead atoms. The van der Waals surface area contributed by atoms with Crippen LogP contribution in [0.1, 0.15) is 5.82 Å². The monoisotopic (exact) mass is 192 g/mol. The van der Waals surface area contributed by atoms with Crippen molar-refractivity contribution in [3.05, 3.63) is 23.2 Å². The van der Waals surface area contributed by atoms with Crippen LogP contribution in [0, 0.1) is 5.41 Å². The highest BCUT2D eigenvalue weighted by atomic mass is 35.5. The normalized spacial score (nSPS) is 8.45. The Morgan fingerprint density at radius 2 is 1.91 bits per heavy atom. The molecule has 1 aromatic heterocycles. The molecule has 0 aliphatic carbocycles. The molecule has 11 heavy (non-hydrogen) atoms. The fraction of sp³-hybridized carbons (Fsp3) is 0. The lowest BCUT2D eigenvalue weighted by molar-refractivity contribution is 1.11. The minimum absolute atomic E-state index is 0. The lowest BCUT2D eigenvalue weighted by atomic mass is 10.5. The predicted molar refractivity (Wildman–Crippen MR) is 45.3 cm³/mol. The van der Waals surface area contributed by atoms with E-state index in [9.17, 15) is 0 Å². The van der Waals surface area contributed by atoms with Gasteiger partial charge in [-0.1, -0.05) is 11.6 Å². The van der Waals surface area contributed by atoms with Gasteiger partial charge in [-0.25, -0.2) is 9.97 Å². The highest BCUT2D eigenvalue weighted by Crippen LogP contribution is 2.01. The zero-order valence-electron chi connectivity index (χ0n) is 5.41. The molecule has 0 aromatic carbocycles. The first-order chi connectivity index (χ1) is 4.70. The van der Waals surface area contributed by atoms with E-state index in [-0.39, 0.29) is 24.1 Å². The maximum Gasteiger partial charge on any atom is 0.194 e. The molecule has 0 unspecified atom stereocenters. The molecule has 1 rings (SSSR count). The summed E-state index contributed by atoms with van der Waals surface area (Å²) < 4.78 is 0. The molecule has 0 aliphatic heterocycles. The second-order valence-corrected chi connectivity index (χ2v) is 2.08. The number of nitrogens with one attached hydrogen (secondary N) is 1. The molecule has 6 heteroatoms. The van der Waals surface area contributed by atoms with Crippen molar-refractivity contribution in [1.82, 2.24) is 9.97 Å². The van der Waals surface area contributed by atoms with Gasteiger partial charge in [0, 0.05) is 12.4 Å². The molecular formula is C5H6Cl2N4. The van der Waals surface area contributed by atoms with Gasteiger partial charge in [0.1, 0.15) is 0 Å². The number of nitrogens with two attached hydrogens (primary N) is 1. The molecule has 0 fully saturated rings.